The maximum atomic E-state index is 12.7. The zero-order valence-corrected chi connectivity index (χ0v) is 19.5. The third-order valence-electron chi connectivity index (χ3n) is 5.60. The third kappa shape index (κ3) is 4.22. The van der Waals surface area contributed by atoms with Crippen LogP contribution in [0.5, 0.6) is 0 Å². The van der Waals surface area contributed by atoms with E-state index in [2.05, 4.69) is 9.97 Å². The van der Waals surface area contributed by atoms with Gasteiger partial charge in [0.2, 0.25) is 5.78 Å². The number of fused-ring (bicyclic) bond motifs is 1. The Morgan fingerprint density at radius 1 is 0.971 bits per heavy atom. The molecule has 4 rings (SSSR count). The van der Waals surface area contributed by atoms with Crippen LogP contribution < -0.4 is 0 Å². The number of imidazole rings is 1. The lowest BCUT2D eigenvalue weighted by Gasteiger charge is -2.07. The van der Waals surface area contributed by atoms with E-state index < -0.39 is 24.3 Å². The Hall–Kier alpha value is -4.20. The number of aryl methyl sites for hydroxylation is 2. The Labute approximate surface area is 196 Å². The molecule has 174 valence electrons. The number of H-pyrrole nitrogens is 1. The highest BCUT2D eigenvalue weighted by Crippen LogP contribution is 2.23. The van der Waals surface area contributed by atoms with Crippen molar-refractivity contribution in [3.63, 3.8) is 0 Å². The molecule has 2 aromatic heterocycles. The van der Waals surface area contributed by atoms with Crippen LogP contribution in [-0.4, -0.2) is 45.5 Å². The summed E-state index contributed by atoms with van der Waals surface area (Å²) >= 11 is 0. The maximum Gasteiger partial charge on any atom is 0.340 e. The van der Waals surface area contributed by atoms with Crippen LogP contribution in [0.25, 0.3) is 16.7 Å². The molecule has 34 heavy (non-hydrogen) atoms. The normalized spacial score (nSPS) is 10.9. The highest BCUT2D eigenvalue weighted by molar-refractivity contribution is 6.03. The van der Waals surface area contributed by atoms with Gasteiger partial charge in [0, 0.05) is 11.4 Å². The minimum atomic E-state index is -0.631. The van der Waals surface area contributed by atoms with Gasteiger partial charge in [-0.05, 0) is 63.6 Å². The second-order valence-corrected chi connectivity index (χ2v) is 7.88. The number of esters is 2. The predicted octanol–water partition coefficient (Wildman–Crippen LogP) is 4.50. The largest absolute Gasteiger partial charge is 0.462 e. The number of nitrogens with one attached hydrogen (secondary N) is 1. The Balaban J connectivity index is 1.50. The molecule has 0 aliphatic rings. The van der Waals surface area contributed by atoms with Gasteiger partial charge in [0.1, 0.15) is 5.82 Å². The standard InChI is InChI=1S/C26H25N3O5/c1-5-33-26(32)23-15(2)24(27-16(23)3)22(30)14-34-25(31)18-11-12-21-20(13-18)28-17(4)29(21)19-9-7-6-8-10-19/h6-13,27H,5,14H2,1-4H3. The van der Waals surface area contributed by atoms with E-state index in [1.165, 1.54) is 0 Å². The summed E-state index contributed by atoms with van der Waals surface area (Å²) < 4.78 is 12.3. The second-order valence-electron chi connectivity index (χ2n) is 7.88. The van der Waals surface area contributed by atoms with Gasteiger partial charge in [0.15, 0.2) is 6.61 Å². The van der Waals surface area contributed by atoms with E-state index in [4.69, 9.17) is 9.47 Å². The van der Waals surface area contributed by atoms with Crippen LogP contribution in [0.3, 0.4) is 0 Å². The highest BCUT2D eigenvalue weighted by Gasteiger charge is 2.24. The van der Waals surface area contributed by atoms with Crippen LogP contribution in [0.15, 0.2) is 48.5 Å². The first kappa shape index (κ1) is 23.0. The van der Waals surface area contributed by atoms with E-state index in [9.17, 15) is 14.4 Å². The maximum absolute atomic E-state index is 12.7. The summed E-state index contributed by atoms with van der Waals surface area (Å²) in [6, 6.07) is 14.9. The molecule has 0 bridgehead atoms. The smallest absolute Gasteiger partial charge is 0.340 e. The van der Waals surface area contributed by atoms with Gasteiger partial charge in [-0.1, -0.05) is 18.2 Å². The number of carbonyl (C=O) groups excluding carboxylic acids is 3. The van der Waals surface area contributed by atoms with Crippen LogP contribution in [0.4, 0.5) is 0 Å². The van der Waals surface area contributed by atoms with Gasteiger partial charge < -0.3 is 14.5 Å². The lowest BCUT2D eigenvalue weighted by atomic mass is 10.1. The SMILES string of the molecule is CCOC(=O)c1c(C)[nH]c(C(=O)COC(=O)c2ccc3c(c2)nc(C)n3-c2ccccc2)c1C. The van der Waals surface area contributed by atoms with E-state index in [0.717, 1.165) is 17.0 Å². The molecule has 0 fully saturated rings. The van der Waals surface area contributed by atoms with Gasteiger partial charge in [-0.25, -0.2) is 14.6 Å². The number of para-hydroxylation sites is 1. The van der Waals surface area contributed by atoms with Gasteiger partial charge in [-0.3, -0.25) is 9.36 Å². The minimum absolute atomic E-state index is 0.223. The van der Waals surface area contributed by atoms with Crippen molar-refractivity contribution in [3.05, 3.63) is 82.4 Å². The fourth-order valence-electron chi connectivity index (χ4n) is 4.06. The van der Waals surface area contributed by atoms with E-state index in [1.807, 2.05) is 47.9 Å². The molecule has 0 aliphatic carbocycles. The molecule has 8 heteroatoms. The van der Waals surface area contributed by atoms with Gasteiger partial charge in [-0.2, -0.15) is 0 Å². The number of ketones is 1. The quantitative estimate of drug-likeness (QED) is 0.323. The van der Waals surface area contributed by atoms with E-state index in [1.54, 1.807) is 32.9 Å². The van der Waals surface area contributed by atoms with Crippen molar-refractivity contribution in [2.24, 2.45) is 0 Å². The minimum Gasteiger partial charge on any atom is -0.462 e. The zero-order chi connectivity index (χ0) is 24.4. The molecular formula is C26H25N3O5. The van der Waals surface area contributed by atoms with Gasteiger partial charge >= 0.3 is 11.9 Å². The first-order valence-electron chi connectivity index (χ1n) is 10.9. The summed E-state index contributed by atoms with van der Waals surface area (Å²) in [5.74, 6) is -0.774. The molecular weight excluding hydrogens is 434 g/mol. The van der Waals surface area contributed by atoms with Crippen molar-refractivity contribution in [1.29, 1.82) is 0 Å². The number of ether oxygens (including phenoxy) is 2. The number of aromatic nitrogens is 3. The van der Waals surface area contributed by atoms with Crippen LogP contribution in [0.1, 0.15) is 55.2 Å². The Morgan fingerprint density at radius 3 is 2.41 bits per heavy atom. The van der Waals surface area contributed by atoms with E-state index in [0.29, 0.717) is 27.9 Å². The summed E-state index contributed by atoms with van der Waals surface area (Å²) in [5.41, 5.74) is 4.33. The first-order chi connectivity index (χ1) is 16.3. The number of rotatable bonds is 7. The number of Topliss-reactive ketones (excluding diaryl/α,β-unsaturated/α-hetero) is 1. The number of hydrogen-bond acceptors (Lipinski definition) is 6. The van der Waals surface area contributed by atoms with Crippen molar-refractivity contribution in [3.8, 4) is 5.69 Å². The predicted molar refractivity (Wildman–Crippen MR) is 127 cm³/mol. The molecule has 0 saturated carbocycles. The van der Waals surface area contributed by atoms with Gasteiger partial charge in [0.05, 0.1) is 34.5 Å². The number of aromatic amines is 1. The fourth-order valence-corrected chi connectivity index (χ4v) is 4.06. The Kier molecular flexibility index (Phi) is 6.32. The van der Waals surface area contributed by atoms with Crippen LogP contribution >= 0.6 is 0 Å². The molecule has 1 N–H and O–H groups in total. The van der Waals surface area contributed by atoms with Crippen LogP contribution in [0.2, 0.25) is 0 Å². The number of carbonyl (C=O) groups is 3. The fraction of sp³-hybridized carbons (Fsp3) is 0.231. The molecule has 0 atom stereocenters. The van der Waals surface area contributed by atoms with E-state index in [-0.39, 0.29) is 12.3 Å². The molecule has 2 heterocycles. The zero-order valence-electron chi connectivity index (χ0n) is 19.5. The summed E-state index contributed by atoms with van der Waals surface area (Å²) in [6.07, 6.45) is 0. The summed E-state index contributed by atoms with van der Waals surface area (Å²) in [6.45, 7) is 6.73. The second kappa shape index (κ2) is 9.35. The molecule has 0 spiro atoms. The van der Waals surface area contributed by atoms with Crippen molar-refractivity contribution in [2.45, 2.75) is 27.7 Å². The average Bonchev–Trinajstić information content (AvgIpc) is 3.31. The molecule has 0 unspecified atom stereocenters. The lowest BCUT2D eigenvalue weighted by Crippen LogP contribution is -2.15. The van der Waals surface area contributed by atoms with Crippen molar-refractivity contribution >= 4 is 28.8 Å². The molecule has 4 aromatic rings. The van der Waals surface area contributed by atoms with Gasteiger partial charge in [0.25, 0.3) is 0 Å². The molecule has 0 radical (unpaired) electrons. The monoisotopic (exact) mass is 459 g/mol. The lowest BCUT2D eigenvalue weighted by molar-refractivity contribution is 0.0472. The molecule has 0 amide bonds. The van der Waals surface area contributed by atoms with Crippen LogP contribution in [-0.2, 0) is 9.47 Å². The highest BCUT2D eigenvalue weighted by atomic mass is 16.5. The van der Waals surface area contributed by atoms with Gasteiger partial charge in [-0.15, -0.1) is 0 Å². The van der Waals surface area contributed by atoms with E-state index >= 15 is 0 Å². The summed E-state index contributed by atoms with van der Waals surface area (Å²) in [7, 11) is 0. The third-order valence-corrected chi connectivity index (χ3v) is 5.60. The number of hydrogen-bond donors (Lipinski definition) is 1. The molecule has 2 aromatic carbocycles. The first-order valence-corrected chi connectivity index (χ1v) is 10.9. The van der Waals surface area contributed by atoms with Crippen LogP contribution in [0, 0.1) is 20.8 Å². The molecule has 0 saturated heterocycles. The number of benzene rings is 2. The Morgan fingerprint density at radius 2 is 1.71 bits per heavy atom. The molecule has 8 nitrogen and oxygen atoms in total. The average molecular weight is 460 g/mol. The van der Waals surface area contributed by atoms with Crippen molar-refractivity contribution in [1.82, 2.24) is 14.5 Å². The van der Waals surface area contributed by atoms with Crippen molar-refractivity contribution < 1.29 is 23.9 Å². The summed E-state index contributed by atoms with van der Waals surface area (Å²) in [5, 5.41) is 0. The topological polar surface area (TPSA) is 103 Å². The molecule has 0 aliphatic heterocycles. The summed E-state index contributed by atoms with van der Waals surface area (Å²) in [4.78, 5) is 45.0. The number of nitrogens with zero attached hydrogens (tertiary/aromatic N) is 2. The van der Waals surface area contributed by atoms with Crippen molar-refractivity contribution in [2.75, 3.05) is 13.2 Å². The Bertz CT molecular complexity index is 1400.